The number of rotatable bonds is 4. The molecule has 6 nitrogen and oxygen atoms in total. The second-order valence-electron chi connectivity index (χ2n) is 5.36. The fourth-order valence-electron chi connectivity index (χ4n) is 2.41. The lowest BCUT2D eigenvalue weighted by atomic mass is 10.0. The molecule has 1 aliphatic carbocycles. The van der Waals surface area contributed by atoms with Crippen LogP contribution in [0.25, 0.3) is 11.4 Å². The Kier molecular flexibility index (Phi) is 2.66. The van der Waals surface area contributed by atoms with Gasteiger partial charge in [0.15, 0.2) is 5.82 Å². The van der Waals surface area contributed by atoms with Crippen LogP contribution in [0.15, 0.2) is 18.2 Å². The van der Waals surface area contributed by atoms with Crippen molar-refractivity contribution in [1.82, 2.24) is 20.2 Å². The van der Waals surface area contributed by atoms with E-state index in [1.165, 1.54) is 12.8 Å². The van der Waals surface area contributed by atoms with Crippen LogP contribution < -0.4 is 11.5 Å². The van der Waals surface area contributed by atoms with Crippen molar-refractivity contribution in [3.8, 4) is 11.4 Å². The number of nitrogen functional groups attached to an aromatic ring is 2. The summed E-state index contributed by atoms with van der Waals surface area (Å²) >= 11 is 0. The Labute approximate surface area is 111 Å². The van der Waals surface area contributed by atoms with E-state index in [2.05, 4.69) is 22.4 Å². The Bertz CT molecular complexity index is 599. The molecule has 1 aromatic heterocycles. The number of nitrogens with two attached hydrogens (primary N) is 2. The second-order valence-corrected chi connectivity index (χ2v) is 5.36. The monoisotopic (exact) mass is 258 g/mol. The molecule has 1 aromatic carbocycles. The summed E-state index contributed by atoms with van der Waals surface area (Å²) < 4.78 is 1.86. The number of anilines is 2. The SMILES string of the molecule is CCC1(Cn2nnnc2-c2ccc(N)cc2N)CC1. The van der Waals surface area contributed by atoms with Gasteiger partial charge < -0.3 is 11.5 Å². The largest absolute Gasteiger partial charge is 0.399 e. The summed E-state index contributed by atoms with van der Waals surface area (Å²) in [5.41, 5.74) is 14.2. The summed E-state index contributed by atoms with van der Waals surface area (Å²) in [6, 6.07) is 5.43. The first-order valence-corrected chi connectivity index (χ1v) is 6.55. The van der Waals surface area contributed by atoms with E-state index in [0.29, 0.717) is 16.8 Å². The topological polar surface area (TPSA) is 95.6 Å². The fraction of sp³-hybridized carbons (Fsp3) is 0.462. The standard InChI is InChI=1S/C13H18N6/c1-2-13(5-6-13)8-19-12(16-17-18-19)10-4-3-9(14)7-11(10)15/h3-4,7H,2,5-6,8,14-15H2,1H3. The smallest absolute Gasteiger partial charge is 0.184 e. The molecule has 6 heteroatoms. The summed E-state index contributed by atoms with van der Waals surface area (Å²) in [5.74, 6) is 0.720. The molecule has 1 saturated carbocycles. The third-order valence-electron chi connectivity index (χ3n) is 4.04. The molecule has 0 spiro atoms. The van der Waals surface area contributed by atoms with Crippen molar-refractivity contribution in [1.29, 1.82) is 0 Å². The van der Waals surface area contributed by atoms with Crippen LogP contribution in [0.1, 0.15) is 26.2 Å². The van der Waals surface area contributed by atoms with Gasteiger partial charge in [0.1, 0.15) is 0 Å². The van der Waals surface area contributed by atoms with Gasteiger partial charge in [0.05, 0.1) is 6.54 Å². The highest BCUT2D eigenvalue weighted by atomic mass is 15.5. The van der Waals surface area contributed by atoms with Gasteiger partial charge in [-0.15, -0.1) is 5.10 Å². The predicted molar refractivity (Wildman–Crippen MR) is 74.0 cm³/mol. The highest BCUT2D eigenvalue weighted by Crippen LogP contribution is 2.50. The quantitative estimate of drug-likeness (QED) is 0.814. The molecule has 0 atom stereocenters. The number of hydrogen-bond acceptors (Lipinski definition) is 5. The van der Waals surface area contributed by atoms with Crippen LogP contribution in [0, 0.1) is 5.41 Å². The maximum atomic E-state index is 6.00. The Hall–Kier alpha value is -2.11. The van der Waals surface area contributed by atoms with Crippen molar-refractivity contribution in [2.45, 2.75) is 32.7 Å². The molecule has 1 heterocycles. The van der Waals surface area contributed by atoms with Crippen molar-refractivity contribution >= 4 is 11.4 Å². The van der Waals surface area contributed by atoms with Gasteiger partial charge in [-0.2, -0.15) is 0 Å². The minimum atomic E-state index is 0.382. The lowest BCUT2D eigenvalue weighted by molar-refractivity contribution is 0.382. The molecule has 0 unspecified atom stereocenters. The van der Waals surface area contributed by atoms with Gasteiger partial charge in [-0.1, -0.05) is 6.92 Å². The van der Waals surface area contributed by atoms with Crippen LogP contribution >= 0.6 is 0 Å². The Morgan fingerprint density at radius 3 is 2.74 bits per heavy atom. The van der Waals surface area contributed by atoms with E-state index in [1.54, 1.807) is 6.07 Å². The van der Waals surface area contributed by atoms with Crippen molar-refractivity contribution in [3.63, 3.8) is 0 Å². The van der Waals surface area contributed by atoms with Crippen LogP contribution in [-0.2, 0) is 6.54 Å². The third kappa shape index (κ3) is 2.14. The maximum absolute atomic E-state index is 6.00. The first kappa shape index (κ1) is 12.0. The van der Waals surface area contributed by atoms with Crippen molar-refractivity contribution in [2.75, 3.05) is 11.5 Å². The lowest BCUT2D eigenvalue weighted by Gasteiger charge is -2.13. The minimum absolute atomic E-state index is 0.382. The van der Waals surface area contributed by atoms with Crippen LogP contribution in [0.4, 0.5) is 11.4 Å². The van der Waals surface area contributed by atoms with Gasteiger partial charge in [0, 0.05) is 16.9 Å². The normalized spacial score (nSPS) is 16.5. The predicted octanol–water partition coefficient (Wildman–Crippen LogP) is 1.69. The van der Waals surface area contributed by atoms with Gasteiger partial charge >= 0.3 is 0 Å². The van der Waals surface area contributed by atoms with E-state index in [9.17, 15) is 0 Å². The van der Waals surface area contributed by atoms with Crippen molar-refractivity contribution < 1.29 is 0 Å². The van der Waals surface area contributed by atoms with Gasteiger partial charge in [0.25, 0.3) is 0 Å². The molecular formula is C13H18N6. The highest BCUT2D eigenvalue weighted by molar-refractivity contribution is 5.74. The average Bonchev–Trinajstić information content (AvgIpc) is 3.01. The van der Waals surface area contributed by atoms with Crippen LogP contribution in [-0.4, -0.2) is 20.2 Å². The van der Waals surface area contributed by atoms with Gasteiger partial charge in [0.2, 0.25) is 0 Å². The van der Waals surface area contributed by atoms with E-state index < -0.39 is 0 Å². The Morgan fingerprint density at radius 1 is 1.32 bits per heavy atom. The molecule has 19 heavy (non-hydrogen) atoms. The van der Waals surface area contributed by atoms with E-state index in [1.807, 2.05) is 16.8 Å². The zero-order chi connectivity index (χ0) is 13.5. The van der Waals surface area contributed by atoms with Gasteiger partial charge in [-0.05, 0) is 53.3 Å². The van der Waals surface area contributed by atoms with Gasteiger partial charge in [-0.3, -0.25) is 0 Å². The lowest BCUT2D eigenvalue weighted by Crippen LogP contribution is -2.13. The third-order valence-corrected chi connectivity index (χ3v) is 4.04. The first-order valence-electron chi connectivity index (χ1n) is 6.55. The molecule has 3 rings (SSSR count). The second kappa shape index (κ2) is 4.22. The van der Waals surface area contributed by atoms with E-state index in [-0.39, 0.29) is 0 Å². The summed E-state index contributed by atoms with van der Waals surface area (Å²) in [7, 11) is 0. The van der Waals surface area contributed by atoms with Crippen molar-refractivity contribution in [2.24, 2.45) is 5.41 Å². The fourth-order valence-corrected chi connectivity index (χ4v) is 2.41. The molecule has 1 fully saturated rings. The van der Waals surface area contributed by atoms with E-state index in [4.69, 9.17) is 11.5 Å². The molecule has 0 bridgehead atoms. The number of hydrogen-bond donors (Lipinski definition) is 2. The average molecular weight is 258 g/mol. The summed E-state index contributed by atoms with van der Waals surface area (Å²) in [6.45, 7) is 3.07. The zero-order valence-electron chi connectivity index (χ0n) is 11.0. The van der Waals surface area contributed by atoms with Gasteiger partial charge in [-0.25, -0.2) is 4.68 Å². The number of nitrogens with zero attached hydrogens (tertiary/aromatic N) is 4. The van der Waals surface area contributed by atoms with Crippen molar-refractivity contribution in [3.05, 3.63) is 18.2 Å². The summed E-state index contributed by atoms with van der Waals surface area (Å²) in [5, 5.41) is 12.0. The maximum Gasteiger partial charge on any atom is 0.184 e. The molecule has 0 saturated heterocycles. The Morgan fingerprint density at radius 2 is 2.11 bits per heavy atom. The molecule has 0 radical (unpaired) electrons. The number of aromatic nitrogens is 4. The zero-order valence-corrected chi connectivity index (χ0v) is 11.0. The minimum Gasteiger partial charge on any atom is -0.399 e. The van der Waals surface area contributed by atoms with Crippen LogP contribution in [0.5, 0.6) is 0 Å². The summed E-state index contributed by atoms with van der Waals surface area (Å²) in [4.78, 5) is 0. The number of benzene rings is 1. The van der Waals surface area contributed by atoms with Crippen LogP contribution in [0.3, 0.4) is 0 Å². The van der Waals surface area contributed by atoms with E-state index >= 15 is 0 Å². The Balaban J connectivity index is 1.95. The number of tetrazole rings is 1. The van der Waals surface area contributed by atoms with Crippen LogP contribution in [0.2, 0.25) is 0 Å². The molecular weight excluding hydrogens is 240 g/mol. The molecule has 0 amide bonds. The molecule has 0 aliphatic heterocycles. The first-order chi connectivity index (χ1) is 9.13. The highest BCUT2D eigenvalue weighted by Gasteiger charge is 2.41. The molecule has 100 valence electrons. The molecule has 2 aromatic rings. The summed E-state index contributed by atoms with van der Waals surface area (Å²) in [6.07, 6.45) is 3.66. The van der Waals surface area contributed by atoms with E-state index in [0.717, 1.165) is 24.4 Å². The molecule has 4 N–H and O–H groups in total. The molecule has 1 aliphatic rings.